The van der Waals surface area contributed by atoms with Crippen molar-refractivity contribution in [2.45, 2.75) is 52.7 Å². The molecule has 0 spiro atoms. The molecule has 3 aromatic carbocycles. The van der Waals surface area contributed by atoms with Crippen LogP contribution in [-0.2, 0) is 16.1 Å². The van der Waals surface area contributed by atoms with Gasteiger partial charge in [0.15, 0.2) is 0 Å². The summed E-state index contributed by atoms with van der Waals surface area (Å²) in [6, 6.07) is 17.4. The molecule has 4 rings (SSSR count). The van der Waals surface area contributed by atoms with Crippen molar-refractivity contribution in [1.29, 1.82) is 0 Å². The third-order valence-corrected chi connectivity index (χ3v) is 6.44. The van der Waals surface area contributed by atoms with Crippen molar-refractivity contribution in [2.75, 3.05) is 19.1 Å². The lowest BCUT2D eigenvalue weighted by Gasteiger charge is -2.34. The predicted octanol–water partition coefficient (Wildman–Crippen LogP) is 4.75. The van der Waals surface area contributed by atoms with Crippen molar-refractivity contribution < 1.29 is 19.1 Å². The van der Waals surface area contributed by atoms with Crippen LogP contribution in [0.25, 0.3) is 11.0 Å². The summed E-state index contributed by atoms with van der Waals surface area (Å²) in [5.41, 5.74) is 4.07. The molecule has 1 aromatic heterocycles. The van der Waals surface area contributed by atoms with Crippen molar-refractivity contribution >= 4 is 28.5 Å². The molecule has 1 heterocycles. The van der Waals surface area contributed by atoms with Crippen molar-refractivity contribution in [3.8, 4) is 11.5 Å². The first-order valence-corrected chi connectivity index (χ1v) is 12.7. The maximum absolute atomic E-state index is 14.2. The molecule has 0 saturated carbocycles. The molecule has 0 aliphatic carbocycles. The number of rotatable bonds is 8. The number of aromatic nitrogens is 3. The molecule has 9 heteroatoms. The second kappa shape index (κ2) is 11.1. The second-order valence-corrected chi connectivity index (χ2v) is 10.6. The van der Waals surface area contributed by atoms with Gasteiger partial charge in [-0.25, -0.2) is 4.68 Å². The number of amides is 2. The summed E-state index contributed by atoms with van der Waals surface area (Å²) >= 11 is 0. The minimum atomic E-state index is -1.03. The van der Waals surface area contributed by atoms with Gasteiger partial charge in [-0.15, -0.1) is 5.10 Å². The highest BCUT2D eigenvalue weighted by Crippen LogP contribution is 2.34. The van der Waals surface area contributed by atoms with Crippen LogP contribution in [0.15, 0.2) is 60.7 Å². The fourth-order valence-electron chi connectivity index (χ4n) is 4.39. The van der Waals surface area contributed by atoms with Crippen molar-refractivity contribution in [3.05, 3.63) is 77.4 Å². The number of hydrogen-bond donors (Lipinski definition) is 1. The normalized spacial score (nSPS) is 12.2. The summed E-state index contributed by atoms with van der Waals surface area (Å²) in [6.45, 7) is 9.57. The minimum Gasteiger partial charge on any atom is -0.497 e. The number of carbonyl (C=O) groups excluding carboxylic acids is 2. The topological polar surface area (TPSA) is 98.6 Å². The number of hydrogen-bond acceptors (Lipinski definition) is 6. The quantitative estimate of drug-likeness (QED) is 0.354. The molecule has 4 aromatic rings. The minimum absolute atomic E-state index is 0.117. The first-order valence-electron chi connectivity index (χ1n) is 12.7. The molecule has 1 N–H and O–H groups in total. The smallest absolute Gasteiger partial charge is 0.249 e. The van der Waals surface area contributed by atoms with Crippen LogP contribution in [0.4, 0.5) is 5.69 Å². The standard InChI is InChI=1S/C30H35N5O4/c1-19-12-13-22(14-20(19)2)35(27(36)18-34-26-11-9-8-10-25(26)32-33-34)28(29(37)31-30(3,4)5)21-15-23(38-6)17-24(16-21)39-7/h8-17,28H,18H2,1-7H3,(H,31,37). The van der Waals surface area contributed by atoms with E-state index in [1.165, 1.54) is 4.90 Å². The molecule has 1 atom stereocenters. The number of fused-ring (bicyclic) bond motifs is 1. The monoisotopic (exact) mass is 529 g/mol. The summed E-state index contributed by atoms with van der Waals surface area (Å²) in [6.07, 6.45) is 0. The van der Waals surface area contributed by atoms with E-state index in [0.717, 1.165) is 16.6 Å². The van der Waals surface area contributed by atoms with Crippen molar-refractivity contribution in [2.24, 2.45) is 0 Å². The molecular weight excluding hydrogens is 494 g/mol. The first kappa shape index (κ1) is 27.6. The van der Waals surface area contributed by atoms with E-state index in [0.29, 0.717) is 28.3 Å². The zero-order valence-electron chi connectivity index (χ0n) is 23.5. The van der Waals surface area contributed by atoms with Gasteiger partial charge in [-0.1, -0.05) is 23.4 Å². The number of ether oxygens (including phenoxy) is 2. The van der Waals surface area contributed by atoms with E-state index < -0.39 is 11.6 Å². The van der Waals surface area contributed by atoms with Crippen LogP contribution in [0.1, 0.15) is 43.5 Å². The van der Waals surface area contributed by atoms with Gasteiger partial charge >= 0.3 is 0 Å². The van der Waals surface area contributed by atoms with Crippen molar-refractivity contribution in [1.82, 2.24) is 20.3 Å². The molecule has 0 fully saturated rings. The van der Waals surface area contributed by atoms with Crippen LogP contribution in [0.3, 0.4) is 0 Å². The van der Waals surface area contributed by atoms with Crippen LogP contribution in [0, 0.1) is 13.8 Å². The molecule has 9 nitrogen and oxygen atoms in total. The summed E-state index contributed by atoms with van der Waals surface area (Å²) in [5.74, 6) is 0.345. The number of carbonyl (C=O) groups is 2. The average molecular weight is 530 g/mol. The molecule has 204 valence electrons. The second-order valence-electron chi connectivity index (χ2n) is 10.6. The van der Waals surface area contributed by atoms with E-state index in [2.05, 4.69) is 15.6 Å². The van der Waals surface area contributed by atoms with E-state index in [-0.39, 0.29) is 18.4 Å². The number of para-hydroxylation sites is 1. The van der Waals surface area contributed by atoms with Gasteiger partial charge in [0.1, 0.15) is 29.6 Å². The zero-order chi connectivity index (χ0) is 28.3. The highest BCUT2D eigenvalue weighted by atomic mass is 16.5. The van der Waals surface area contributed by atoms with E-state index >= 15 is 0 Å². The molecule has 0 radical (unpaired) electrons. The molecule has 1 unspecified atom stereocenters. The fourth-order valence-corrected chi connectivity index (χ4v) is 4.39. The van der Waals surface area contributed by atoms with Gasteiger partial charge in [-0.2, -0.15) is 0 Å². The SMILES string of the molecule is COc1cc(OC)cc(C(C(=O)NC(C)(C)C)N(C(=O)Cn2nnc3ccccc32)c2ccc(C)c(C)c2)c1. The Labute approximate surface area is 228 Å². The van der Waals surface area contributed by atoms with Gasteiger partial charge in [-0.3, -0.25) is 14.5 Å². The predicted molar refractivity (Wildman–Crippen MR) is 151 cm³/mol. The van der Waals surface area contributed by atoms with Gasteiger partial charge in [0.2, 0.25) is 11.8 Å². The summed E-state index contributed by atoms with van der Waals surface area (Å²) < 4.78 is 12.6. The lowest BCUT2D eigenvalue weighted by molar-refractivity contribution is -0.128. The van der Waals surface area contributed by atoms with Crippen LogP contribution < -0.4 is 19.7 Å². The Morgan fingerprint density at radius 3 is 2.23 bits per heavy atom. The summed E-state index contributed by atoms with van der Waals surface area (Å²) in [5, 5.41) is 11.5. The van der Waals surface area contributed by atoms with Gasteiger partial charge in [0.25, 0.3) is 0 Å². The third kappa shape index (κ3) is 6.19. The zero-order valence-corrected chi connectivity index (χ0v) is 23.5. The highest BCUT2D eigenvalue weighted by Gasteiger charge is 2.35. The van der Waals surface area contributed by atoms with E-state index in [4.69, 9.17) is 9.47 Å². The Morgan fingerprint density at radius 1 is 0.949 bits per heavy atom. The number of anilines is 1. The number of benzene rings is 3. The van der Waals surface area contributed by atoms with Gasteiger partial charge in [0.05, 0.1) is 19.7 Å². The number of aryl methyl sites for hydroxylation is 2. The molecule has 0 aliphatic rings. The maximum Gasteiger partial charge on any atom is 0.249 e. The van der Waals surface area contributed by atoms with Gasteiger partial charge < -0.3 is 14.8 Å². The molecule has 2 amide bonds. The molecule has 39 heavy (non-hydrogen) atoms. The number of nitrogens with zero attached hydrogens (tertiary/aromatic N) is 4. The van der Waals surface area contributed by atoms with Crippen LogP contribution >= 0.6 is 0 Å². The highest BCUT2D eigenvalue weighted by molar-refractivity contribution is 6.02. The Morgan fingerprint density at radius 2 is 1.62 bits per heavy atom. The fraction of sp³-hybridized carbons (Fsp3) is 0.333. The third-order valence-electron chi connectivity index (χ3n) is 6.44. The summed E-state index contributed by atoms with van der Waals surface area (Å²) in [7, 11) is 3.09. The average Bonchev–Trinajstić information content (AvgIpc) is 3.30. The Bertz CT molecular complexity index is 1480. The molecule has 0 aliphatic heterocycles. The summed E-state index contributed by atoms with van der Waals surface area (Å²) in [4.78, 5) is 29.8. The largest absolute Gasteiger partial charge is 0.497 e. The van der Waals surface area contributed by atoms with Gasteiger partial charge in [0, 0.05) is 17.3 Å². The van der Waals surface area contributed by atoms with E-state index in [1.807, 2.05) is 77.1 Å². The van der Waals surface area contributed by atoms with Crippen LogP contribution in [0.2, 0.25) is 0 Å². The van der Waals surface area contributed by atoms with Crippen LogP contribution in [0.5, 0.6) is 11.5 Å². The van der Waals surface area contributed by atoms with Crippen molar-refractivity contribution in [3.63, 3.8) is 0 Å². The van der Waals surface area contributed by atoms with Crippen LogP contribution in [-0.4, -0.2) is 46.6 Å². The Balaban J connectivity index is 1.90. The number of nitrogens with one attached hydrogen (secondary N) is 1. The Hall–Kier alpha value is -4.40. The first-order chi connectivity index (χ1) is 18.5. The van der Waals surface area contributed by atoms with E-state index in [1.54, 1.807) is 37.1 Å². The lowest BCUT2D eigenvalue weighted by Crippen LogP contribution is -2.50. The number of methoxy groups -OCH3 is 2. The van der Waals surface area contributed by atoms with E-state index in [9.17, 15) is 9.59 Å². The lowest BCUT2D eigenvalue weighted by atomic mass is 9.99. The molecular formula is C30H35N5O4. The molecule has 0 saturated heterocycles. The Kier molecular flexibility index (Phi) is 7.90. The van der Waals surface area contributed by atoms with Gasteiger partial charge in [-0.05, 0) is 87.7 Å². The molecule has 0 bridgehead atoms. The maximum atomic E-state index is 14.2.